The average molecular weight is 419 g/mol. The number of nitrogens with two attached hydrogens (primary N) is 1. The summed E-state index contributed by atoms with van der Waals surface area (Å²) in [6.45, 7) is 0. The van der Waals surface area contributed by atoms with Gasteiger partial charge >= 0.3 is 0 Å². The summed E-state index contributed by atoms with van der Waals surface area (Å²) in [5, 5.41) is 13.0. The number of rotatable bonds is 3. The van der Waals surface area contributed by atoms with Crippen LogP contribution in [0.4, 0.5) is 11.5 Å². The van der Waals surface area contributed by atoms with E-state index in [1.165, 1.54) is 12.0 Å². The highest BCUT2D eigenvalue weighted by Crippen LogP contribution is 2.43. The van der Waals surface area contributed by atoms with Crippen LogP contribution in [0, 0.1) is 11.3 Å². The lowest BCUT2D eigenvalue weighted by Gasteiger charge is -2.38. The minimum Gasteiger partial charge on any atom is -0.338 e. The smallest absolute Gasteiger partial charge is 0.154 e. The van der Waals surface area contributed by atoms with E-state index in [4.69, 9.17) is 10.7 Å². The molecule has 2 aromatic carbocycles. The Morgan fingerprint density at radius 2 is 1.88 bits per heavy atom. The molecule has 0 amide bonds. The van der Waals surface area contributed by atoms with Crippen LogP contribution in [0.15, 0.2) is 66.9 Å². The van der Waals surface area contributed by atoms with Crippen LogP contribution in [0.3, 0.4) is 0 Å². The first kappa shape index (κ1) is 18.8. The van der Waals surface area contributed by atoms with E-state index in [1.54, 1.807) is 6.20 Å². The fourth-order valence-electron chi connectivity index (χ4n) is 4.77. The Morgan fingerprint density at radius 3 is 2.62 bits per heavy atom. The topological polar surface area (TPSA) is 92.5 Å². The number of hydrogen-bond donors (Lipinski definition) is 2. The quantitative estimate of drug-likeness (QED) is 0.427. The summed E-state index contributed by atoms with van der Waals surface area (Å²) < 4.78 is 2.13. The van der Waals surface area contributed by atoms with Gasteiger partial charge in [0.25, 0.3) is 0 Å². The number of aromatic nitrogens is 3. The molecule has 0 bridgehead atoms. The normalized spacial score (nSPS) is 15.2. The Morgan fingerprint density at radius 1 is 1.06 bits per heavy atom. The molecule has 1 fully saturated rings. The number of nitriles is 1. The van der Waals surface area contributed by atoms with E-state index >= 15 is 0 Å². The standard InChI is InChI=1S/C26H22N6/c27-15-12-21-23(17-8-10-18(11-9-17)26(28)13-4-14-26)32-22-7-3-16-29-24(22)30-20-6-2-1-5-19(20)25(32)31-21/h1-3,5-11,16H,4,12-14,28H2,(H,29,30). The summed E-state index contributed by atoms with van der Waals surface area (Å²) >= 11 is 0. The number of nitrogens with one attached hydrogen (secondary N) is 1. The highest BCUT2D eigenvalue weighted by molar-refractivity contribution is 5.86. The van der Waals surface area contributed by atoms with Crippen LogP contribution in [-0.4, -0.2) is 14.5 Å². The van der Waals surface area contributed by atoms with E-state index in [9.17, 15) is 5.26 Å². The molecule has 0 spiro atoms. The van der Waals surface area contributed by atoms with Crippen molar-refractivity contribution in [3.8, 4) is 34.4 Å². The van der Waals surface area contributed by atoms with Crippen molar-refractivity contribution in [1.29, 1.82) is 5.26 Å². The zero-order chi connectivity index (χ0) is 21.7. The first-order chi connectivity index (χ1) is 15.7. The number of hydrogen-bond acceptors (Lipinski definition) is 5. The predicted molar refractivity (Wildman–Crippen MR) is 125 cm³/mol. The van der Waals surface area contributed by atoms with Crippen LogP contribution >= 0.6 is 0 Å². The van der Waals surface area contributed by atoms with Crippen molar-refractivity contribution >= 4 is 11.5 Å². The molecular formula is C26H22N6. The minimum atomic E-state index is -0.207. The maximum atomic E-state index is 9.55. The summed E-state index contributed by atoms with van der Waals surface area (Å²) in [4.78, 5) is 9.55. The molecule has 3 heterocycles. The molecule has 2 aliphatic rings. The van der Waals surface area contributed by atoms with Crippen LogP contribution in [0.2, 0.25) is 0 Å². The molecule has 1 aliphatic heterocycles. The molecule has 4 aromatic rings. The first-order valence-electron chi connectivity index (χ1n) is 10.9. The Labute approximate surface area is 186 Å². The van der Waals surface area contributed by atoms with E-state index in [0.29, 0.717) is 0 Å². The zero-order valence-electron chi connectivity index (χ0n) is 17.5. The van der Waals surface area contributed by atoms with Crippen molar-refractivity contribution in [3.05, 3.63) is 78.1 Å². The average Bonchev–Trinajstić information content (AvgIpc) is 3.11. The molecule has 3 N–H and O–H groups in total. The molecular weight excluding hydrogens is 396 g/mol. The number of para-hydroxylation sites is 1. The summed E-state index contributed by atoms with van der Waals surface area (Å²) in [6.07, 6.45) is 5.23. The van der Waals surface area contributed by atoms with Gasteiger partial charge < -0.3 is 11.1 Å². The number of anilines is 2. The van der Waals surface area contributed by atoms with Crippen molar-refractivity contribution < 1.29 is 0 Å². The van der Waals surface area contributed by atoms with Gasteiger partial charge in [-0.3, -0.25) is 4.57 Å². The van der Waals surface area contributed by atoms with Crippen molar-refractivity contribution in [2.45, 2.75) is 31.2 Å². The molecule has 32 heavy (non-hydrogen) atoms. The van der Waals surface area contributed by atoms with Crippen LogP contribution in [0.1, 0.15) is 30.5 Å². The maximum absolute atomic E-state index is 9.55. The van der Waals surface area contributed by atoms with E-state index in [2.05, 4.69) is 45.2 Å². The minimum absolute atomic E-state index is 0.207. The second-order valence-corrected chi connectivity index (χ2v) is 8.53. The van der Waals surface area contributed by atoms with Gasteiger partial charge in [0, 0.05) is 22.9 Å². The van der Waals surface area contributed by atoms with Gasteiger partial charge in [0.05, 0.1) is 35.3 Å². The van der Waals surface area contributed by atoms with Crippen LogP contribution in [-0.2, 0) is 12.0 Å². The molecule has 6 heteroatoms. The van der Waals surface area contributed by atoms with Crippen LogP contribution < -0.4 is 11.1 Å². The SMILES string of the molecule is N#CCc1nc2n(c1-c1ccc(C3(N)CCC3)cc1)-c1cccnc1Nc1ccccc1-2. The Hall–Kier alpha value is -3.95. The maximum Gasteiger partial charge on any atom is 0.154 e. The Kier molecular flexibility index (Phi) is 4.14. The van der Waals surface area contributed by atoms with Crippen molar-refractivity contribution in [2.24, 2.45) is 5.73 Å². The summed E-state index contributed by atoms with van der Waals surface area (Å²) in [7, 11) is 0. The van der Waals surface area contributed by atoms with E-state index < -0.39 is 0 Å². The molecule has 2 aromatic heterocycles. The molecule has 0 radical (unpaired) electrons. The van der Waals surface area contributed by atoms with Gasteiger partial charge in [0.2, 0.25) is 0 Å². The van der Waals surface area contributed by atoms with Gasteiger partial charge in [0.15, 0.2) is 5.82 Å². The van der Waals surface area contributed by atoms with Gasteiger partial charge in [0.1, 0.15) is 5.82 Å². The molecule has 0 unspecified atom stereocenters. The lowest BCUT2D eigenvalue weighted by atomic mass is 9.72. The Bertz CT molecular complexity index is 1370. The number of nitrogens with zero attached hydrogens (tertiary/aromatic N) is 4. The number of imidazole rings is 1. The van der Waals surface area contributed by atoms with E-state index in [0.717, 1.165) is 58.4 Å². The van der Waals surface area contributed by atoms with Gasteiger partial charge in [-0.05, 0) is 49.1 Å². The number of benzene rings is 2. The fourth-order valence-corrected chi connectivity index (χ4v) is 4.77. The first-order valence-corrected chi connectivity index (χ1v) is 10.9. The van der Waals surface area contributed by atoms with Gasteiger partial charge in [-0.1, -0.05) is 36.4 Å². The highest BCUT2D eigenvalue weighted by Gasteiger charge is 2.34. The molecule has 1 aliphatic carbocycles. The van der Waals surface area contributed by atoms with Gasteiger partial charge in [-0.25, -0.2) is 9.97 Å². The summed E-state index contributed by atoms with van der Waals surface area (Å²) in [5.41, 5.74) is 13.0. The third-order valence-electron chi connectivity index (χ3n) is 6.62. The Balaban J connectivity index is 1.61. The van der Waals surface area contributed by atoms with Crippen LogP contribution in [0.5, 0.6) is 0 Å². The van der Waals surface area contributed by atoms with E-state index in [1.807, 2.05) is 36.4 Å². The fraction of sp³-hybridized carbons (Fsp3) is 0.192. The second-order valence-electron chi connectivity index (χ2n) is 8.53. The lowest BCUT2D eigenvalue weighted by molar-refractivity contribution is 0.253. The van der Waals surface area contributed by atoms with Crippen molar-refractivity contribution in [3.63, 3.8) is 0 Å². The molecule has 156 valence electrons. The lowest BCUT2D eigenvalue weighted by Crippen LogP contribution is -2.43. The van der Waals surface area contributed by atoms with E-state index in [-0.39, 0.29) is 12.0 Å². The largest absolute Gasteiger partial charge is 0.338 e. The van der Waals surface area contributed by atoms with Crippen molar-refractivity contribution in [2.75, 3.05) is 5.32 Å². The highest BCUT2D eigenvalue weighted by atomic mass is 15.2. The van der Waals surface area contributed by atoms with Gasteiger partial charge in [-0.2, -0.15) is 5.26 Å². The molecule has 6 rings (SSSR count). The third kappa shape index (κ3) is 2.75. The summed E-state index contributed by atoms with van der Waals surface area (Å²) in [6, 6.07) is 22.8. The molecule has 1 saturated carbocycles. The summed E-state index contributed by atoms with van der Waals surface area (Å²) in [5.74, 6) is 1.56. The monoisotopic (exact) mass is 418 g/mol. The number of pyridine rings is 1. The molecule has 6 nitrogen and oxygen atoms in total. The van der Waals surface area contributed by atoms with Crippen LogP contribution in [0.25, 0.3) is 28.3 Å². The molecule has 0 atom stereocenters. The third-order valence-corrected chi connectivity index (χ3v) is 6.62. The predicted octanol–water partition coefficient (Wildman–Crippen LogP) is 5.06. The second kappa shape index (κ2) is 7.04. The van der Waals surface area contributed by atoms with Crippen molar-refractivity contribution in [1.82, 2.24) is 14.5 Å². The zero-order valence-corrected chi connectivity index (χ0v) is 17.5. The van der Waals surface area contributed by atoms with Gasteiger partial charge in [-0.15, -0.1) is 0 Å². The number of fused-ring (bicyclic) bond motifs is 5. The molecule has 0 saturated heterocycles.